The van der Waals surface area contributed by atoms with E-state index in [0.717, 1.165) is 5.56 Å². The molecule has 5 rings (SSSR count). The molecule has 4 amide bonds. The zero-order valence-corrected chi connectivity index (χ0v) is 26.4. The molecule has 47 heavy (non-hydrogen) atoms. The minimum atomic E-state index is -1.29. The van der Waals surface area contributed by atoms with Gasteiger partial charge in [0.25, 0.3) is 0 Å². The predicted molar refractivity (Wildman–Crippen MR) is 169 cm³/mol. The Balaban J connectivity index is 1.63. The van der Waals surface area contributed by atoms with Gasteiger partial charge in [-0.2, -0.15) is 0 Å². The Morgan fingerprint density at radius 2 is 1.72 bits per heavy atom. The van der Waals surface area contributed by atoms with E-state index in [4.69, 9.17) is 4.74 Å². The standard InChI is InChI=1S/C32H40N8O7/c1-19(33-3)28(41)36-26-17-23-18-40(39-38-23)13-14-47-24-11-9-22(10-12-24)16-27(32(45)46)37-31(44)25(15-21-7-5-4-6-8-21)35-29(42)20(2)34-30(26)43/h4-12,18-20,25-27,33H,13-17H2,1-3H3,(H,34,43)(H,35,42)(H,36,41)(H,37,44)(H,45,46)/t19-,20-,25-,26-,27-/m0/s1. The zero-order chi connectivity index (χ0) is 33.9. The van der Waals surface area contributed by atoms with E-state index in [9.17, 15) is 29.1 Å². The molecule has 250 valence electrons. The van der Waals surface area contributed by atoms with Crippen molar-refractivity contribution in [3.8, 4) is 5.75 Å². The number of aromatic nitrogens is 3. The van der Waals surface area contributed by atoms with Gasteiger partial charge in [0.15, 0.2) is 0 Å². The van der Waals surface area contributed by atoms with Crippen LogP contribution in [0.15, 0.2) is 60.8 Å². The van der Waals surface area contributed by atoms with Gasteiger partial charge in [-0.05, 0) is 44.2 Å². The monoisotopic (exact) mass is 648 g/mol. The largest absolute Gasteiger partial charge is 0.492 e. The minimum Gasteiger partial charge on any atom is -0.492 e. The third-order valence-corrected chi connectivity index (χ3v) is 7.69. The van der Waals surface area contributed by atoms with E-state index in [1.54, 1.807) is 79.4 Å². The summed E-state index contributed by atoms with van der Waals surface area (Å²) in [7, 11) is 1.61. The Morgan fingerprint density at radius 1 is 1.00 bits per heavy atom. The summed E-state index contributed by atoms with van der Waals surface area (Å²) in [6, 6.07) is 10.5. The molecular formula is C32H40N8O7. The summed E-state index contributed by atoms with van der Waals surface area (Å²) in [5.74, 6) is -3.17. The lowest BCUT2D eigenvalue weighted by molar-refractivity contribution is -0.142. The maximum atomic E-state index is 13.5. The molecule has 5 atom stereocenters. The minimum absolute atomic E-state index is 0.0131. The Kier molecular flexibility index (Phi) is 12.0. The van der Waals surface area contributed by atoms with Gasteiger partial charge in [0.1, 0.15) is 36.5 Å². The molecule has 3 heterocycles. The van der Waals surface area contributed by atoms with Crippen molar-refractivity contribution in [1.29, 1.82) is 0 Å². The highest BCUT2D eigenvalue weighted by Gasteiger charge is 2.31. The zero-order valence-electron chi connectivity index (χ0n) is 26.4. The summed E-state index contributed by atoms with van der Waals surface area (Å²) in [5.41, 5.74) is 1.81. The number of rotatable bonds is 6. The number of nitrogens with zero attached hydrogens (tertiary/aromatic N) is 3. The second-order valence-corrected chi connectivity index (χ2v) is 11.3. The molecule has 6 N–H and O–H groups in total. The van der Waals surface area contributed by atoms with Crippen molar-refractivity contribution in [2.45, 2.75) is 69.9 Å². The second kappa shape index (κ2) is 16.3. The van der Waals surface area contributed by atoms with Gasteiger partial charge in [0, 0.05) is 25.5 Å². The summed E-state index contributed by atoms with van der Waals surface area (Å²) in [6.07, 6.45) is 1.68. The van der Waals surface area contributed by atoms with Crippen LogP contribution >= 0.6 is 0 Å². The van der Waals surface area contributed by atoms with Crippen molar-refractivity contribution in [3.05, 3.63) is 77.6 Å². The molecule has 0 radical (unpaired) electrons. The summed E-state index contributed by atoms with van der Waals surface area (Å²) < 4.78 is 7.36. The van der Waals surface area contributed by atoms with Crippen LogP contribution in [-0.2, 0) is 49.8 Å². The highest BCUT2D eigenvalue weighted by Crippen LogP contribution is 2.15. The van der Waals surface area contributed by atoms with Gasteiger partial charge in [0.05, 0.1) is 18.3 Å². The normalized spacial score (nSPS) is 21.9. The third-order valence-electron chi connectivity index (χ3n) is 7.69. The van der Waals surface area contributed by atoms with Gasteiger partial charge >= 0.3 is 5.97 Å². The number of hydrogen-bond donors (Lipinski definition) is 6. The maximum absolute atomic E-state index is 13.5. The Labute approximate surface area is 271 Å². The topological polar surface area (TPSA) is 206 Å². The van der Waals surface area contributed by atoms with E-state index in [1.807, 2.05) is 0 Å². The summed E-state index contributed by atoms with van der Waals surface area (Å²) >= 11 is 0. The third kappa shape index (κ3) is 10.1. The lowest BCUT2D eigenvalue weighted by atomic mass is 10.0. The highest BCUT2D eigenvalue weighted by atomic mass is 16.5. The lowest BCUT2D eigenvalue weighted by Crippen LogP contribution is -2.58. The number of nitrogens with one attached hydrogen (secondary N) is 5. The van der Waals surface area contributed by atoms with E-state index in [1.165, 1.54) is 6.92 Å². The number of amides is 4. The van der Waals surface area contributed by atoms with Gasteiger partial charge in [-0.15, -0.1) is 5.10 Å². The van der Waals surface area contributed by atoms with Crippen molar-refractivity contribution < 1.29 is 33.8 Å². The fraction of sp³-hybridized carbons (Fsp3) is 0.406. The number of benzene rings is 2. The van der Waals surface area contributed by atoms with Crippen molar-refractivity contribution in [2.24, 2.45) is 0 Å². The molecule has 2 aromatic carbocycles. The number of hydrogen-bond acceptors (Lipinski definition) is 9. The molecule has 0 unspecified atom stereocenters. The number of aliphatic carboxylic acids is 1. The molecule has 1 aromatic heterocycles. The molecule has 0 fully saturated rings. The van der Waals surface area contributed by atoms with E-state index < -0.39 is 59.8 Å². The fourth-order valence-electron chi connectivity index (χ4n) is 4.81. The maximum Gasteiger partial charge on any atom is 0.326 e. The number of fused-ring (bicyclic) bond motifs is 15. The van der Waals surface area contributed by atoms with Gasteiger partial charge < -0.3 is 36.4 Å². The van der Waals surface area contributed by atoms with Crippen LogP contribution in [0, 0.1) is 0 Å². The van der Waals surface area contributed by atoms with Gasteiger partial charge in [-0.3, -0.25) is 19.2 Å². The average molecular weight is 649 g/mol. The van der Waals surface area contributed by atoms with E-state index in [0.29, 0.717) is 23.6 Å². The first-order valence-corrected chi connectivity index (χ1v) is 15.3. The number of ether oxygens (including phenoxy) is 1. The number of carbonyl (C=O) groups is 5. The molecule has 0 saturated carbocycles. The van der Waals surface area contributed by atoms with Gasteiger partial charge in [0.2, 0.25) is 23.6 Å². The molecule has 0 spiro atoms. The van der Waals surface area contributed by atoms with Gasteiger partial charge in [-0.1, -0.05) is 47.7 Å². The quantitative estimate of drug-likeness (QED) is 0.186. The van der Waals surface area contributed by atoms with Crippen molar-refractivity contribution in [1.82, 2.24) is 41.6 Å². The Morgan fingerprint density at radius 3 is 2.40 bits per heavy atom. The summed E-state index contributed by atoms with van der Waals surface area (Å²) in [4.78, 5) is 65.2. The summed E-state index contributed by atoms with van der Waals surface area (Å²) in [5, 5.41) is 31.5. The van der Waals surface area contributed by atoms with Crippen LogP contribution in [0.5, 0.6) is 5.75 Å². The Hall–Kier alpha value is -5.31. The van der Waals surface area contributed by atoms with Gasteiger partial charge in [-0.25, -0.2) is 9.48 Å². The van der Waals surface area contributed by atoms with E-state index in [-0.39, 0.29) is 25.9 Å². The number of likely N-dealkylation sites (N-methyl/N-ethyl adjacent to an activating group) is 1. The molecule has 2 aliphatic heterocycles. The second-order valence-electron chi connectivity index (χ2n) is 11.3. The van der Waals surface area contributed by atoms with Crippen molar-refractivity contribution in [3.63, 3.8) is 0 Å². The van der Waals surface area contributed by atoms with Crippen LogP contribution in [0.2, 0.25) is 0 Å². The van der Waals surface area contributed by atoms with Crippen LogP contribution in [0.3, 0.4) is 0 Å². The molecule has 0 saturated heterocycles. The molecule has 4 bridgehead atoms. The fourth-order valence-corrected chi connectivity index (χ4v) is 4.81. The predicted octanol–water partition coefficient (Wildman–Crippen LogP) is -0.650. The van der Waals surface area contributed by atoms with Crippen LogP contribution in [0.4, 0.5) is 0 Å². The number of carboxylic acid groups (broad SMARTS) is 1. The first-order chi connectivity index (χ1) is 22.5. The molecule has 3 aromatic rings. The van der Waals surface area contributed by atoms with Crippen molar-refractivity contribution >= 4 is 29.6 Å². The Bertz CT molecular complexity index is 1550. The lowest BCUT2D eigenvalue weighted by Gasteiger charge is -2.25. The first-order valence-electron chi connectivity index (χ1n) is 15.3. The van der Waals surface area contributed by atoms with Crippen LogP contribution < -0.4 is 31.3 Å². The molecular weight excluding hydrogens is 608 g/mol. The molecule has 2 aliphatic rings. The average Bonchev–Trinajstić information content (AvgIpc) is 3.50. The number of carboxylic acids is 1. The van der Waals surface area contributed by atoms with Crippen molar-refractivity contribution in [2.75, 3.05) is 13.7 Å². The SMILES string of the molecule is CN[C@@H](C)C(=O)N[C@H]1Cc2cn(nn2)CCOc2ccc(cc2)C[C@@H](C(=O)O)NC(=O)[C@H](Cc2ccccc2)NC(=O)[C@H](C)NC1=O. The highest BCUT2D eigenvalue weighted by molar-refractivity contribution is 5.95. The van der Waals surface area contributed by atoms with E-state index >= 15 is 0 Å². The number of carbonyl (C=O) groups excluding carboxylic acids is 4. The molecule has 15 nitrogen and oxygen atoms in total. The van der Waals surface area contributed by atoms with Crippen LogP contribution in [-0.4, -0.2) is 93.6 Å². The molecule has 15 heteroatoms. The molecule has 0 aliphatic carbocycles. The first kappa shape index (κ1) is 34.6. The smallest absolute Gasteiger partial charge is 0.326 e. The van der Waals surface area contributed by atoms with Crippen LogP contribution in [0.25, 0.3) is 0 Å². The van der Waals surface area contributed by atoms with E-state index in [2.05, 4.69) is 36.9 Å². The summed E-state index contributed by atoms with van der Waals surface area (Å²) in [6.45, 7) is 3.66. The van der Waals surface area contributed by atoms with Crippen LogP contribution in [0.1, 0.15) is 30.7 Å².